The fourth-order valence-corrected chi connectivity index (χ4v) is 2.64. The van der Waals surface area contributed by atoms with Crippen molar-refractivity contribution in [2.45, 2.75) is 20.4 Å². The van der Waals surface area contributed by atoms with E-state index in [1.54, 1.807) is 35.8 Å². The Balaban J connectivity index is 2.30. The van der Waals surface area contributed by atoms with E-state index in [-0.39, 0.29) is 18.4 Å². The number of ether oxygens (including phenoxy) is 1. The van der Waals surface area contributed by atoms with Crippen LogP contribution < -0.4 is 4.80 Å². The molecule has 1 amide bonds. The predicted octanol–water partition coefficient (Wildman–Crippen LogP) is 2.16. The van der Waals surface area contributed by atoms with Crippen LogP contribution in [0.5, 0.6) is 0 Å². The van der Waals surface area contributed by atoms with Crippen molar-refractivity contribution in [2.24, 2.45) is 4.99 Å². The van der Waals surface area contributed by atoms with Gasteiger partial charge in [-0.05, 0) is 26.0 Å². The summed E-state index contributed by atoms with van der Waals surface area (Å²) in [7, 11) is 0. The number of nitrogens with zero attached hydrogens (tertiary/aromatic N) is 2. The molecule has 0 radical (unpaired) electrons. The Morgan fingerprint density at radius 3 is 2.67 bits per heavy atom. The summed E-state index contributed by atoms with van der Waals surface area (Å²) in [5.41, 5.74) is 1.39. The van der Waals surface area contributed by atoms with Gasteiger partial charge < -0.3 is 9.30 Å². The molecule has 1 aromatic carbocycles. The van der Waals surface area contributed by atoms with Gasteiger partial charge in [0.25, 0.3) is 5.91 Å². The average molecular weight is 304 g/mol. The quantitative estimate of drug-likeness (QED) is 0.813. The molecule has 0 fully saturated rings. The third kappa shape index (κ3) is 3.88. The maximum absolute atomic E-state index is 12.1. The molecule has 1 heterocycles. The molecule has 0 aliphatic heterocycles. The van der Waals surface area contributed by atoms with Gasteiger partial charge in [-0.15, -0.1) is 11.3 Å². The van der Waals surface area contributed by atoms with Gasteiger partial charge in [0.2, 0.25) is 0 Å². The molecular formula is C15H16N2O3S. The van der Waals surface area contributed by atoms with E-state index < -0.39 is 0 Å². The molecule has 0 unspecified atom stereocenters. The number of benzene rings is 1. The Morgan fingerprint density at radius 1 is 1.29 bits per heavy atom. The zero-order valence-corrected chi connectivity index (χ0v) is 12.7. The highest BCUT2D eigenvalue weighted by molar-refractivity contribution is 7.07. The minimum absolute atomic E-state index is 0.0596. The summed E-state index contributed by atoms with van der Waals surface area (Å²) in [6.07, 6.45) is 0. The van der Waals surface area contributed by atoms with Crippen LogP contribution in [0, 0.1) is 6.92 Å². The molecule has 0 saturated carbocycles. The Labute approximate surface area is 126 Å². The lowest BCUT2D eigenvalue weighted by molar-refractivity contribution is -0.143. The number of carbonyl (C=O) groups is 2. The third-order valence-electron chi connectivity index (χ3n) is 2.80. The fourth-order valence-electron chi connectivity index (χ4n) is 1.76. The summed E-state index contributed by atoms with van der Waals surface area (Å²) in [5.74, 6) is -0.664. The number of hydrogen-bond donors (Lipinski definition) is 0. The lowest BCUT2D eigenvalue weighted by Gasteiger charge is -2.05. The molecular weight excluding hydrogens is 288 g/mol. The number of rotatable bonds is 4. The van der Waals surface area contributed by atoms with Crippen molar-refractivity contribution < 1.29 is 14.3 Å². The summed E-state index contributed by atoms with van der Waals surface area (Å²) in [6.45, 7) is 4.01. The molecule has 21 heavy (non-hydrogen) atoms. The summed E-state index contributed by atoms with van der Waals surface area (Å²) in [6, 6.07) is 8.83. The topological polar surface area (TPSA) is 60.7 Å². The predicted molar refractivity (Wildman–Crippen MR) is 80.0 cm³/mol. The highest BCUT2D eigenvalue weighted by atomic mass is 32.1. The smallest absolute Gasteiger partial charge is 0.326 e. The van der Waals surface area contributed by atoms with Crippen LogP contribution in [-0.4, -0.2) is 23.1 Å². The van der Waals surface area contributed by atoms with Gasteiger partial charge in [-0.25, -0.2) is 0 Å². The van der Waals surface area contributed by atoms with Crippen molar-refractivity contribution >= 4 is 23.2 Å². The van der Waals surface area contributed by atoms with Crippen molar-refractivity contribution in [2.75, 3.05) is 6.61 Å². The highest BCUT2D eigenvalue weighted by Crippen LogP contribution is 2.03. The van der Waals surface area contributed by atoms with Crippen LogP contribution in [0.3, 0.4) is 0 Å². The maximum Gasteiger partial charge on any atom is 0.326 e. The Bertz CT molecular complexity index is 701. The second kappa shape index (κ2) is 6.99. The van der Waals surface area contributed by atoms with Crippen molar-refractivity contribution in [1.29, 1.82) is 0 Å². The number of aromatic nitrogens is 1. The monoisotopic (exact) mass is 304 g/mol. The van der Waals surface area contributed by atoms with E-state index in [1.165, 1.54) is 11.3 Å². The van der Waals surface area contributed by atoms with E-state index in [0.29, 0.717) is 17.0 Å². The molecule has 0 bridgehead atoms. The minimum Gasteiger partial charge on any atom is -0.465 e. The SMILES string of the molecule is CCOC(=O)Cn1c(C)csc1=NC(=O)c1ccccc1. The second-order valence-electron chi connectivity index (χ2n) is 4.33. The third-order valence-corrected chi connectivity index (χ3v) is 3.78. The van der Waals surface area contributed by atoms with Crippen LogP contribution in [0.2, 0.25) is 0 Å². The zero-order valence-electron chi connectivity index (χ0n) is 11.9. The van der Waals surface area contributed by atoms with E-state index in [2.05, 4.69) is 4.99 Å². The van der Waals surface area contributed by atoms with E-state index in [0.717, 1.165) is 5.69 Å². The summed E-state index contributed by atoms with van der Waals surface area (Å²) >= 11 is 1.33. The van der Waals surface area contributed by atoms with E-state index in [1.807, 2.05) is 18.4 Å². The Morgan fingerprint density at radius 2 is 2.00 bits per heavy atom. The van der Waals surface area contributed by atoms with Crippen molar-refractivity contribution in [3.8, 4) is 0 Å². The molecule has 0 aliphatic carbocycles. The molecule has 110 valence electrons. The van der Waals surface area contributed by atoms with Crippen LogP contribution in [0.1, 0.15) is 23.0 Å². The molecule has 2 aromatic rings. The largest absolute Gasteiger partial charge is 0.465 e. The van der Waals surface area contributed by atoms with Gasteiger partial charge in [-0.1, -0.05) is 18.2 Å². The Hall–Kier alpha value is -2.21. The van der Waals surface area contributed by atoms with Gasteiger partial charge >= 0.3 is 5.97 Å². The molecule has 1 aromatic heterocycles. The van der Waals surface area contributed by atoms with Gasteiger partial charge in [-0.3, -0.25) is 9.59 Å². The lowest BCUT2D eigenvalue weighted by atomic mass is 10.2. The van der Waals surface area contributed by atoms with Gasteiger partial charge in [0, 0.05) is 16.6 Å². The molecule has 0 spiro atoms. The maximum atomic E-state index is 12.1. The van der Waals surface area contributed by atoms with Crippen molar-refractivity contribution in [3.63, 3.8) is 0 Å². The number of hydrogen-bond acceptors (Lipinski definition) is 4. The van der Waals surface area contributed by atoms with Gasteiger partial charge in [0.1, 0.15) is 6.54 Å². The molecule has 0 aliphatic rings. The zero-order chi connectivity index (χ0) is 15.2. The van der Waals surface area contributed by atoms with E-state index in [9.17, 15) is 9.59 Å². The van der Waals surface area contributed by atoms with Crippen molar-refractivity contribution in [1.82, 2.24) is 4.57 Å². The van der Waals surface area contributed by atoms with Gasteiger partial charge in [0.05, 0.1) is 6.61 Å². The molecule has 6 heteroatoms. The molecule has 0 N–H and O–H groups in total. The van der Waals surface area contributed by atoms with E-state index in [4.69, 9.17) is 4.74 Å². The standard InChI is InChI=1S/C15H16N2O3S/c1-3-20-13(18)9-17-11(2)10-21-15(17)16-14(19)12-7-5-4-6-8-12/h4-8,10H,3,9H2,1-2H3. The van der Waals surface area contributed by atoms with Crippen LogP contribution in [0.15, 0.2) is 40.7 Å². The van der Waals surface area contributed by atoms with Crippen LogP contribution in [0.25, 0.3) is 0 Å². The first-order chi connectivity index (χ1) is 10.1. The number of amides is 1. The normalized spacial score (nSPS) is 11.4. The first-order valence-electron chi connectivity index (χ1n) is 6.56. The number of esters is 1. The summed E-state index contributed by atoms with van der Waals surface area (Å²) < 4.78 is 6.62. The summed E-state index contributed by atoms with van der Waals surface area (Å²) in [4.78, 5) is 28.3. The van der Waals surface area contributed by atoms with Crippen LogP contribution >= 0.6 is 11.3 Å². The Kier molecular flexibility index (Phi) is 5.05. The first-order valence-corrected chi connectivity index (χ1v) is 7.44. The van der Waals surface area contributed by atoms with Crippen LogP contribution in [-0.2, 0) is 16.1 Å². The van der Waals surface area contributed by atoms with Crippen molar-refractivity contribution in [3.05, 3.63) is 51.8 Å². The average Bonchev–Trinajstić information content (AvgIpc) is 2.81. The minimum atomic E-state index is -0.340. The highest BCUT2D eigenvalue weighted by Gasteiger charge is 2.10. The molecule has 2 rings (SSSR count). The molecule has 5 nitrogen and oxygen atoms in total. The lowest BCUT2D eigenvalue weighted by Crippen LogP contribution is -2.24. The van der Waals surface area contributed by atoms with Gasteiger partial charge in [-0.2, -0.15) is 4.99 Å². The van der Waals surface area contributed by atoms with Gasteiger partial charge in [0.15, 0.2) is 4.80 Å². The number of aryl methyl sites for hydroxylation is 1. The number of carbonyl (C=O) groups excluding carboxylic acids is 2. The fraction of sp³-hybridized carbons (Fsp3) is 0.267. The first kappa shape index (κ1) is 15.2. The number of thiazole rings is 1. The van der Waals surface area contributed by atoms with Crippen LogP contribution in [0.4, 0.5) is 0 Å². The second-order valence-corrected chi connectivity index (χ2v) is 5.17. The molecule has 0 saturated heterocycles. The molecule has 0 atom stereocenters. The van der Waals surface area contributed by atoms with E-state index >= 15 is 0 Å². The summed E-state index contributed by atoms with van der Waals surface area (Å²) in [5, 5.41) is 1.86.